The van der Waals surface area contributed by atoms with Crippen molar-refractivity contribution in [1.29, 1.82) is 5.26 Å². The molecule has 1 aliphatic rings. The number of nitriles is 1. The molecule has 23 heavy (non-hydrogen) atoms. The minimum atomic E-state index is 0.114. The van der Waals surface area contributed by atoms with E-state index in [-0.39, 0.29) is 12.1 Å². The van der Waals surface area contributed by atoms with Gasteiger partial charge >= 0.3 is 0 Å². The number of nitrogens with zero attached hydrogens (tertiary/aromatic N) is 4. The molecule has 1 aliphatic carbocycles. The molecule has 1 aromatic carbocycles. The molecule has 0 spiro atoms. The van der Waals surface area contributed by atoms with E-state index < -0.39 is 0 Å². The van der Waals surface area contributed by atoms with Crippen LogP contribution < -0.4 is 16.4 Å². The molecule has 1 aromatic heterocycles. The Hall–Kier alpha value is -2.72. The number of rotatable bonds is 4. The molecule has 0 unspecified atom stereocenters. The Labute approximate surface area is 134 Å². The molecule has 7 heteroatoms. The minimum Gasteiger partial charge on any atom is -0.349 e. The van der Waals surface area contributed by atoms with Gasteiger partial charge in [0.05, 0.1) is 17.4 Å². The van der Waals surface area contributed by atoms with Crippen LogP contribution in [-0.4, -0.2) is 27.3 Å². The van der Waals surface area contributed by atoms with Crippen molar-refractivity contribution in [2.75, 3.05) is 10.6 Å². The van der Waals surface area contributed by atoms with Gasteiger partial charge in [0.25, 0.3) is 0 Å². The highest BCUT2D eigenvalue weighted by Gasteiger charge is 2.22. The molecule has 0 amide bonds. The van der Waals surface area contributed by atoms with Crippen molar-refractivity contribution in [3.63, 3.8) is 0 Å². The smallest absolute Gasteiger partial charge is 0.244 e. The summed E-state index contributed by atoms with van der Waals surface area (Å²) in [6.07, 6.45) is 5.88. The molecule has 4 N–H and O–H groups in total. The number of nitrogens with two attached hydrogens (primary N) is 1. The molecule has 3 rings (SSSR count). The fourth-order valence-electron chi connectivity index (χ4n) is 2.76. The molecule has 2 atom stereocenters. The number of aromatic nitrogens is 3. The number of nitrogens with one attached hydrogen (secondary N) is 2. The van der Waals surface area contributed by atoms with Gasteiger partial charge in [-0.3, -0.25) is 0 Å². The van der Waals surface area contributed by atoms with Gasteiger partial charge in [0, 0.05) is 12.1 Å². The van der Waals surface area contributed by atoms with Gasteiger partial charge in [0.1, 0.15) is 6.07 Å². The summed E-state index contributed by atoms with van der Waals surface area (Å²) in [6, 6.07) is 9.68. The predicted octanol–water partition coefficient (Wildman–Crippen LogP) is 2.17. The summed E-state index contributed by atoms with van der Waals surface area (Å²) < 4.78 is 0. The third-order valence-corrected chi connectivity index (χ3v) is 4.00. The Balaban J connectivity index is 1.73. The minimum absolute atomic E-state index is 0.114. The highest BCUT2D eigenvalue weighted by atomic mass is 15.3. The highest BCUT2D eigenvalue weighted by molar-refractivity contribution is 5.64. The van der Waals surface area contributed by atoms with Crippen LogP contribution in [0.25, 0.3) is 0 Å². The maximum Gasteiger partial charge on any atom is 0.244 e. The van der Waals surface area contributed by atoms with E-state index in [0.29, 0.717) is 23.0 Å². The van der Waals surface area contributed by atoms with Gasteiger partial charge in [-0.1, -0.05) is 25.0 Å². The van der Waals surface area contributed by atoms with Crippen molar-refractivity contribution in [1.82, 2.24) is 15.2 Å². The van der Waals surface area contributed by atoms with Gasteiger partial charge in [-0.05, 0) is 25.0 Å². The van der Waals surface area contributed by atoms with E-state index in [1.54, 1.807) is 6.07 Å². The molecule has 2 aromatic rings. The van der Waals surface area contributed by atoms with Crippen molar-refractivity contribution >= 4 is 17.5 Å². The van der Waals surface area contributed by atoms with E-state index in [1.807, 2.05) is 18.2 Å². The van der Waals surface area contributed by atoms with E-state index >= 15 is 0 Å². The second-order valence-electron chi connectivity index (χ2n) is 5.65. The van der Waals surface area contributed by atoms with E-state index in [4.69, 9.17) is 11.0 Å². The summed E-state index contributed by atoms with van der Waals surface area (Å²) in [5, 5.41) is 23.5. The second-order valence-corrected chi connectivity index (χ2v) is 5.65. The van der Waals surface area contributed by atoms with Crippen LogP contribution in [-0.2, 0) is 0 Å². The molecule has 0 bridgehead atoms. The van der Waals surface area contributed by atoms with Crippen molar-refractivity contribution in [2.24, 2.45) is 5.73 Å². The second kappa shape index (κ2) is 7.03. The van der Waals surface area contributed by atoms with E-state index in [0.717, 1.165) is 19.3 Å². The third-order valence-electron chi connectivity index (χ3n) is 4.00. The standard InChI is InChI=1S/C16H19N7/c17-9-11-5-1-3-7-13(11)20-15-10-19-23-16(22-15)21-14-8-4-2-6-12(14)18/h1,3,5,7,10,12,14H,2,4,6,8,18H2,(H2,20,21,22,23)/t12-,14+/m0/s1. The number of hydrogen-bond donors (Lipinski definition) is 3. The van der Waals surface area contributed by atoms with Gasteiger partial charge < -0.3 is 16.4 Å². The predicted molar refractivity (Wildman–Crippen MR) is 88.1 cm³/mol. The maximum absolute atomic E-state index is 9.13. The van der Waals surface area contributed by atoms with E-state index in [1.165, 1.54) is 12.6 Å². The summed E-state index contributed by atoms with van der Waals surface area (Å²) >= 11 is 0. The van der Waals surface area contributed by atoms with Crippen LogP contribution in [0.5, 0.6) is 0 Å². The molecule has 1 heterocycles. The van der Waals surface area contributed by atoms with Crippen LogP contribution in [0.4, 0.5) is 17.5 Å². The molecule has 1 fully saturated rings. The van der Waals surface area contributed by atoms with Crippen LogP contribution in [0, 0.1) is 11.3 Å². The Morgan fingerprint density at radius 2 is 2.04 bits per heavy atom. The van der Waals surface area contributed by atoms with Gasteiger partial charge in [0.2, 0.25) is 5.95 Å². The fourth-order valence-corrected chi connectivity index (χ4v) is 2.76. The summed E-state index contributed by atoms with van der Waals surface area (Å²) in [5.41, 5.74) is 7.38. The van der Waals surface area contributed by atoms with Crippen molar-refractivity contribution in [3.8, 4) is 6.07 Å². The highest BCUT2D eigenvalue weighted by Crippen LogP contribution is 2.21. The topological polar surface area (TPSA) is 113 Å². The average molecular weight is 309 g/mol. The lowest BCUT2D eigenvalue weighted by molar-refractivity contribution is 0.402. The van der Waals surface area contributed by atoms with Crippen molar-refractivity contribution in [3.05, 3.63) is 36.0 Å². The van der Waals surface area contributed by atoms with Gasteiger partial charge in [-0.25, -0.2) is 0 Å². The molecule has 7 nitrogen and oxygen atoms in total. The Bertz CT molecular complexity index is 710. The zero-order valence-corrected chi connectivity index (χ0v) is 12.7. The van der Waals surface area contributed by atoms with Gasteiger partial charge in [0.15, 0.2) is 5.82 Å². The largest absolute Gasteiger partial charge is 0.349 e. The van der Waals surface area contributed by atoms with Crippen LogP contribution in [0.1, 0.15) is 31.2 Å². The fraction of sp³-hybridized carbons (Fsp3) is 0.375. The third kappa shape index (κ3) is 3.73. The van der Waals surface area contributed by atoms with E-state index in [9.17, 15) is 0 Å². The average Bonchev–Trinajstić information content (AvgIpc) is 2.58. The maximum atomic E-state index is 9.13. The normalized spacial score (nSPS) is 20.5. The lowest BCUT2D eigenvalue weighted by Gasteiger charge is -2.29. The first-order valence-electron chi connectivity index (χ1n) is 7.74. The summed E-state index contributed by atoms with van der Waals surface area (Å²) in [7, 11) is 0. The first kappa shape index (κ1) is 15.2. The summed E-state index contributed by atoms with van der Waals surface area (Å²) in [5.74, 6) is 0.987. The number of para-hydroxylation sites is 1. The summed E-state index contributed by atoms with van der Waals surface area (Å²) in [6.45, 7) is 0. The SMILES string of the molecule is N#Cc1ccccc1Nc1cnnc(N[C@@H]2CCCC[C@@H]2N)n1. The molecule has 118 valence electrons. The first-order valence-corrected chi connectivity index (χ1v) is 7.74. The molecular weight excluding hydrogens is 290 g/mol. The number of benzene rings is 1. The van der Waals surface area contributed by atoms with Gasteiger partial charge in [-0.2, -0.15) is 15.3 Å². The quantitative estimate of drug-likeness (QED) is 0.793. The molecule has 0 saturated heterocycles. The molecular formula is C16H19N7. The van der Waals surface area contributed by atoms with Crippen molar-refractivity contribution < 1.29 is 0 Å². The number of anilines is 3. The molecule has 0 aliphatic heterocycles. The molecule has 1 saturated carbocycles. The lowest BCUT2D eigenvalue weighted by Crippen LogP contribution is -2.43. The Morgan fingerprint density at radius 3 is 2.87 bits per heavy atom. The van der Waals surface area contributed by atoms with E-state index in [2.05, 4.69) is 31.9 Å². The number of hydrogen-bond acceptors (Lipinski definition) is 7. The first-order chi connectivity index (χ1) is 11.3. The Morgan fingerprint density at radius 1 is 1.22 bits per heavy atom. The van der Waals surface area contributed by atoms with Crippen LogP contribution in [0.15, 0.2) is 30.5 Å². The summed E-state index contributed by atoms with van der Waals surface area (Å²) in [4.78, 5) is 4.41. The molecule has 0 radical (unpaired) electrons. The van der Waals surface area contributed by atoms with Crippen LogP contribution in [0.2, 0.25) is 0 Å². The van der Waals surface area contributed by atoms with Crippen LogP contribution >= 0.6 is 0 Å². The monoisotopic (exact) mass is 309 g/mol. The zero-order valence-electron chi connectivity index (χ0n) is 12.7. The van der Waals surface area contributed by atoms with Gasteiger partial charge in [-0.15, -0.1) is 5.10 Å². The van der Waals surface area contributed by atoms with Crippen LogP contribution in [0.3, 0.4) is 0 Å². The zero-order chi connectivity index (χ0) is 16.1. The van der Waals surface area contributed by atoms with Crippen molar-refractivity contribution in [2.45, 2.75) is 37.8 Å². The lowest BCUT2D eigenvalue weighted by atomic mass is 9.91. The Kier molecular flexibility index (Phi) is 4.64.